The van der Waals surface area contributed by atoms with Crippen molar-refractivity contribution >= 4 is 29.4 Å². The molecule has 2 atom stereocenters. The van der Waals surface area contributed by atoms with Crippen LogP contribution < -0.4 is 25.0 Å². The molecule has 0 aliphatic carbocycles. The van der Waals surface area contributed by atoms with Gasteiger partial charge in [-0.05, 0) is 36.4 Å². The van der Waals surface area contributed by atoms with E-state index >= 15 is 8.78 Å². The van der Waals surface area contributed by atoms with Crippen LogP contribution in [0.4, 0.5) is 33.6 Å². The van der Waals surface area contributed by atoms with Gasteiger partial charge in [-0.15, -0.1) is 0 Å². The van der Waals surface area contributed by atoms with Crippen LogP contribution in [0.2, 0.25) is 0 Å². The van der Waals surface area contributed by atoms with Crippen LogP contribution in [-0.4, -0.2) is 49.0 Å². The van der Waals surface area contributed by atoms with E-state index in [0.717, 1.165) is 53.4 Å². The number of methoxy groups -OCH3 is 1. The second-order valence-electron chi connectivity index (χ2n) is 8.60. The molecule has 1 aliphatic heterocycles. The van der Waals surface area contributed by atoms with Crippen molar-refractivity contribution in [1.82, 2.24) is 10.3 Å². The number of carbonyl (C=O) groups is 3. The largest absolute Gasteiger partial charge is 0.497 e. The van der Waals surface area contributed by atoms with Crippen LogP contribution >= 0.6 is 0 Å². The summed E-state index contributed by atoms with van der Waals surface area (Å²) in [6.45, 7) is -2.40. The summed E-state index contributed by atoms with van der Waals surface area (Å²) in [7, 11) is 1.20. The van der Waals surface area contributed by atoms with Gasteiger partial charge >= 0.3 is 6.61 Å². The SMILES string of the molecule is COc1cc(F)c([C@@H]2CN(c3nc(NC(C)=O)ccc3F)C(=O)[C@H]2NC(=O)c2ccc(OC(F)F)cc2)c(F)c1. The summed E-state index contributed by atoms with van der Waals surface area (Å²) < 4.78 is 79.0. The summed E-state index contributed by atoms with van der Waals surface area (Å²) in [5.41, 5.74) is -0.652. The highest BCUT2D eigenvalue weighted by atomic mass is 19.3. The van der Waals surface area contributed by atoms with Crippen LogP contribution in [0.3, 0.4) is 0 Å². The van der Waals surface area contributed by atoms with E-state index in [0.29, 0.717) is 0 Å². The summed E-state index contributed by atoms with van der Waals surface area (Å²) in [4.78, 5) is 42.7. The fourth-order valence-corrected chi connectivity index (χ4v) is 4.26. The molecule has 40 heavy (non-hydrogen) atoms. The number of anilines is 2. The fourth-order valence-electron chi connectivity index (χ4n) is 4.26. The molecule has 1 saturated heterocycles. The second-order valence-corrected chi connectivity index (χ2v) is 8.60. The summed E-state index contributed by atoms with van der Waals surface area (Å²) in [6.07, 6.45) is 0. The molecule has 0 unspecified atom stereocenters. The first-order chi connectivity index (χ1) is 19.0. The van der Waals surface area contributed by atoms with Crippen LogP contribution in [0.15, 0.2) is 48.5 Å². The fraction of sp³-hybridized carbons (Fsp3) is 0.231. The Balaban J connectivity index is 1.72. The van der Waals surface area contributed by atoms with E-state index in [9.17, 15) is 27.6 Å². The molecule has 210 valence electrons. The zero-order valence-electron chi connectivity index (χ0n) is 20.9. The highest BCUT2D eigenvalue weighted by molar-refractivity contribution is 6.04. The van der Waals surface area contributed by atoms with Gasteiger partial charge in [0.15, 0.2) is 11.6 Å². The molecule has 2 aromatic carbocycles. The molecular formula is C26H21F5N4O5. The molecule has 0 spiro atoms. The molecule has 9 nitrogen and oxygen atoms in total. The van der Waals surface area contributed by atoms with E-state index in [1.165, 1.54) is 14.0 Å². The molecule has 4 rings (SSSR count). The Morgan fingerprint density at radius 3 is 2.23 bits per heavy atom. The van der Waals surface area contributed by atoms with Crippen LogP contribution in [0.5, 0.6) is 11.5 Å². The zero-order chi connectivity index (χ0) is 29.1. The number of hydrogen-bond acceptors (Lipinski definition) is 6. The van der Waals surface area contributed by atoms with E-state index in [1.54, 1.807) is 0 Å². The number of aromatic nitrogens is 1. The molecule has 1 aromatic heterocycles. The highest BCUT2D eigenvalue weighted by Gasteiger charge is 2.46. The second kappa shape index (κ2) is 11.6. The molecule has 14 heteroatoms. The van der Waals surface area contributed by atoms with Gasteiger partial charge in [0.25, 0.3) is 11.8 Å². The predicted octanol–water partition coefficient (Wildman–Crippen LogP) is 4.00. The van der Waals surface area contributed by atoms with Gasteiger partial charge in [-0.25, -0.2) is 18.2 Å². The topological polar surface area (TPSA) is 110 Å². The van der Waals surface area contributed by atoms with Gasteiger partial charge in [-0.3, -0.25) is 19.3 Å². The van der Waals surface area contributed by atoms with E-state index in [-0.39, 0.29) is 22.9 Å². The number of alkyl halides is 2. The van der Waals surface area contributed by atoms with Crippen molar-refractivity contribution in [1.29, 1.82) is 0 Å². The number of hydrogen-bond donors (Lipinski definition) is 2. The number of ether oxygens (including phenoxy) is 2. The van der Waals surface area contributed by atoms with Gasteiger partial charge < -0.3 is 20.1 Å². The molecular weight excluding hydrogens is 543 g/mol. The number of rotatable bonds is 8. The van der Waals surface area contributed by atoms with Crippen molar-refractivity contribution in [3.63, 3.8) is 0 Å². The Morgan fingerprint density at radius 1 is 1.00 bits per heavy atom. The van der Waals surface area contributed by atoms with Crippen LogP contribution in [0.25, 0.3) is 0 Å². The van der Waals surface area contributed by atoms with Gasteiger partial charge in [0.2, 0.25) is 5.91 Å². The minimum atomic E-state index is -3.09. The van der Waals surface area contributed by atoms with Gasteiger partial charge in [-0.2, -0.15) is 8.78 Å². The highest BCUT2D eigenvalue weighted by Crippen LogP contribution is 2.37. The minimum Gasteiger partial charge on any atom is -0.497 e. The number of halogens is 5. The molecule has 2 N–H and O–H groups in total. The third kappa shape index (κ3) is 5.95. The number of nitrogens with zero attached hydrogens (tertiary/aromatic N) is 2. The molecule has 0 bridgehead atoms. The maximum Gasteiger partial charge on any atom is 0.387 e. The van der Waals surface area contributed by atoms with Crippen molar-refractivity contribution in [2.24, 2.45) is 0 Å². The van der Waals surface area contributed by atoms with Gasteiger partial charge in [0.1, 0.15) is 35.0 Å². The monoisotopic (exact) mass is 564 g/mol. The van der Waals surface area contributed by atoms with E-state index < -0.39 is 71.7 Å². The Hall–Kier alpha value is -4.75. The lowest BCUT2D eigenvalue weighted by Gasteiger charge is -2.20. The maximum atomic E-state index is 15.1. The number of benzene rings is 2. The number of pyridine rings is 1. The molecule has 3 aromatic rings. The van der Waals surface area contributed by atoms with Gasteiger partial charge in [0, 0.05) is 42.6 Å². The average Bonchev–Trinajstić information content (AvgIpc) is 3.19. The first kappa shape index (κ1) is 28.3. The standard InChI is InChI=1S/C26H21F5N4O5/c1-12(36)32-20-8-7-17(27)23(33-20)35-11-16(21-18(28)9-15(39-2)10-19(21)29)22(25(35)38)34-24(37)13-3-5-14(6-4-13)40-26(30)31/h3-10,16,22,26H,11H2,1-2H3,(H,34,37)(H,32,33,36)/t16-,22-/m0/s1. The number of carbonyl (C=O) groups excluding carboxylic acids is 3. The molecule has 0 saturated carbocycles. The molecule has 1 aliphatic rings. The maximum absolute atomic E-state index is 15.1. The van der Waals surface area contributed by atoms with E-state index in [2.05, 4.69) is 20.4 Å². The van der Waals surface area contributed by atoms with E-state index in [4.69, 9.17) is 4.74 Å². The first-order valence-corrected chi connectivity index (χ1v) is 11.6. The first-order valence-electron chi connectivity index (χ1n) is 11.6. The van der Waals surface area contributed by atoms with Crippen molar-refractivity contribution in [3.05, 3.63) is 77.1 Å². The van der Waals surface area contributed by atoms with Crippen LogP contribution in [0, 0.1) is 17.5 Å². The Kier molecular flexibility index (Phi) is 8.16. The van der Waals surface area contributed by atoms with Crippen LogP contribution in [-0.2, 0) is 9.59 Å². The quantitative estimate of drug-likeness (QED) is 0.401. The lowest BCUT2D eigenvalue weighted by atomic mass is 9.92. The van der Waals surface area contributed by atoms with Crippen molar-refractivity contribution in [2.75, 3.05) is 23.9 Å². The normalized spacial score (nSPS) is 16.7. The smallest absolute Gasteiger partial charge is 0.387 e. The predicted molar refractivity (Wildman–Crippen MR) is 131 cm³/mol. The summed E-state index contributed by atoms with van der Waals surface area (Å²) in [5.74, 6) is -7.84. The Labute approximate surface area is 223 Å². The lowest BCUT2D eigenvalue weighted by Crippen LogP contribution is -2.44. The lowest BCUT2D eigenvalue weighted by molar-refractivity contribution is -0.119. The third-order valence-corrected chi connectivity index (χ3v) is 5.99. The van der Waals surface area contributed by atoms with Crippen molar-refractivity contribution in [2.45, 2.75) is 25.5 Å². The zero-order valence-corrected chi connectivity index (χ0v) is 20.9. The van der Waals surface area contributed by atoms with Crippen molar-refractivity contribution in [3.8, 4) is 11.5 Å². The van der Waals surface area contributed by atoms with Crippen molar-refractivity contribution < 1.29 is 45.8 Å². The minimum absolute atomic E-state index is 0.0840. The van der Waals surface area contributed by atoms with Crippen LogP contribution in [0.1, 0.15) is 28.8 Å². The third-order valence-electron chi connectivity index (χ3n) is 5.99. The van der Waals surface area contributed by atoms with E-state index in [1.807, 2.05) is 0 Å². The van der Waals surface area contributed by atoms with Gasteiger partial charge in [0.05, 0.1) is 7.11 Å². The Morgan fingerprint density at radius 2 is 1.65 bits per heavy atom. The van der Waals surface area contributed by atoms with Gasteiger partial charge in [-0.1, -0.05) is 0 Å². The molecule has 3 amide bonds. The molecule has 2 heterocycles. The molecule has 1 fully saturated rings. The summed E-state index contributed by atoms with van der Waals surface area (Å²) in [5, 5.41) is 4.75. The number of amides is 3. The average molecular weight is 564 g/mol. The summed E-state index contributed by atoms with van der Waals surface area (Å²) >= 11 is 0. The summed E-state index contributed by atoms with van der Waals surface area (Å²) in [6, 6.07) is 6.75. The molecule has 0 radical (unpaired) electrons. The Bertz CT molecular complexity index is 1430. The number of nitrogens with one attached hydrogen (secondary N) is 2.